The van der Waals surface area contributed by atoms with E-state index < -0.39 is 11.2 Å². The van der Waals surface area contributed by atoms with Gasteiger partial charge in [-0.25, -0.2) is 4.79 Å². The number of nitrogens with two attached hydrogens (primary N) is 1. The highest BCUT2D eigenvalue weighted by atomic mass is 79.9. The third-order valence-electron chi connectivity index (χ3n) is 3.94. The maximum Gasteiger partial charge on any atom is 0.328 e. The highest BCUT2D eigenvalue weighted by Crippen LogP contribution is 2.27. The molecule has 1 amide bonds. The van der Waals surface area contributed by atoms with E-state index in [-0.39, 0.29) is 40.8 Å². The van der Waals surface area contributed by atoms with Crippen molar-refractivity contribution in [2.75, 3.05) is 13.1 Å². The monoisotopic (exact) mass is 394 g/mol. The lowest BCUT2D eigenvalue weighted by molar-refractivity contribution is -0.135. The minimum Gasteiger partial charge on any atom is -0.340 e. The molecule has 0 radical (unpaired) electrons. The Bertz CT molecular complexity index is 670. The number of halogens is 2. The zero-order valence-electron chi connectivity index (χ0n) is 12.5. The molecule has 0 saturated carbocycles. The van der Waals surface area contributed by atoms with Gasteiger partial charge in [-0.15, -0.1) is 12.4 Å². The third-order valence-corrected chi connectivity index (χ3v) is 4.50. The minimum atomic E-state index is -0.593. The Kier molecular flexibility index (Phi) is 6.00. The summed E-state index contributed by atoms with van der Waals surface area (Å²) in [4.78, 5) is 39.2. The number of likely N-dealkylation sites (tertiary alicyclic amines) is 1. The molecule has 2 heterocycles. The molecule has 0 spiro atoms. The van der Waals surface area contributed by atoms with Crippen LogP contribution in [-0.2, 0) is 11.3 Å². The van der Waals surface area contributed by atoms with Crippen molar-refractivity contribution in [3.63, 3.8) is 0 Å². The second-order valence-corrected chi connectivity index (χ2v) is 6.92. The van der Waals surface area contributed by atoms with Gasteiger partial charge in [-0.1, -0.05) is 13.8 Å². The van der Waals surface area contributed by atoms with Crippen LogP contribution in [0.25, 0.3) is 0 Å². The Morgan fingerprint density at radius 1 is 1.50 bits per heavy atom. The van der Waals surface area contributed by atoms with E-state index in [0.29, 0.717) is 13.1 Å². The lowest BCUT2D eigenvalue weighted by Gasteiger charge is -2.42. The first-order chi connectivity index (χ1) is 9.70. The average Bonchev–Trinajstić information content (AvgIpc) is 2.39. The molecule has 1 aliphatic rings. The van der Waals surface area contributed by atoms with E-state index in [2.05, 4.69) is 20.9 Å². The summed E-state index contributed by atoms with van der Waals surface area (Å²) in [5.74, 6) is -0.156. The SMILES string of the molecule is CC1(C)CN(C(=O)Cn2cc(Br)c(=O)[nH]c2=O)CCC1N.Cl. The molecule has 1 aromatic heterocycles. The van der Waals surface area contributed by atoms with Crippen molar-refractivity contribution >= 4 is 34.2 Å². The Morgan fingerprint density at radius 2 is 2.14 bits per heavy atom. The van der Waals surface area contributed by atoms with Crippen molar-refractivity contribution < 1.29 is 4.79 Å². The van der Waals surface area contributed by atoms with Gasteiger partial charge in [0.2, 0.25) is 5.91 Å². The maximum absolute atomic E-state index is 12.3. The van der Waals surface area contributed by atoms with Crippen LogP contribution in [0.3, 0.4) is 0 Å². The molecule has 9 heteroatoms. The van der Waals surface area contributed by atoms with E-state index in [9.17, 15) is 14.4 Å². The number of hydrogen-bond acceptors (Lipinski definition) is 4. The van der Waals surface area contributed by atoms with E-state index in [4.69, 9.17) is 5.73 Å². The van der Waals surface area contributed by atoms with Crippen LogP contribution in [-0.4, -0.2) is 39.5 Å². The number of aromatic amines is 1. The smallest absolute Gasteiger partial charge is 0.328 e. The summed E-state index contributed by atoms with van der Waals surface area (Å²) < 4.78 is 1.41. The zero-order chi connectivity index (χ0) is 15.8. The Hall–Kier alpha value is -1.12. The number of carbonyl (C=O) groups excluding carboxylic acids is 1. The fourth-order valence-electron chi connectivity index (χ4n) is 2.43. The molecule has 1 aliphatic heterocycles. The van der Waals surface area contributed by atoms with E-state index in [1.54, 1.807) is 4.90 Å². The van der Waals surface area contributed by atoms with Crippen LogP contribution in [0.5, 0.6) is 0 Å². The predicted octanol–water partition coefficient (Wildman–Crippen LogP) is 0.307. The summed E-state index contributed by atoms with van der Waals surface area (Å²) in [5.41, 5.74) is 4.80. The van der Waals surface area contributed by atoms with Crippen LogP contribution in [0.1, 0.15) is 20.3 Å². The Balaban J connectivity index is 0.00000242. The number of H-pyrrole nitrogens is 1. The first-order valence-electron chi connectivity index (χ1n) is 6.73. The van der Waals surface area contributed by atoms with Crippen LogP contribution in [0, 0.1) is 5.41 Å². The molecular formula is C13H20BrClN4O3. The first kappa shape index (κ1) is 18.9. The van der Waals surface area contributed by atoms with E-state index >= 15 is 0 Å². The standard InChI is InChI=1S/C13H19BrN4O3.ClH/c1-13(2)7-17(4-3-9(13)15)10(19)6-18-5-8(14)11(20)16-12(18)21;/h5,9H,3-4,6-7,15H2,1-2H3,(H,16,20,21);1H. The van der Waals surface area contributed by atoms with Gasteiger partial charge < -0.3 is 10.6 Å². The molecule has 0 bridgehead atoms. The van der Waals surface area contributed by atoms with Crippen LogP contribution < -0.4 is 17.0 Å². The van der Waals surface area contributed by atoms with Gasteiger partial charge in [0.1, 0.15) is 6.54 Å². The number of piperidine rings is 1. The quantitative estimate of drug-likeness (QED) is 0.752. The predicted molar refractivity (Wildman–Crippen MR) is 89.2 cm³/mol. The van der Waals surface area contributed by atoms with Crippen molar-refractivity contribution in [2.24, 2.45) is 11.1 Å². The molecular weight excluding hydrogens is 376 g/mol. The average molecular weight is 396 g/mol. The van der Waals surface area contributed by atoms with Crippen LogP contribution in [0.15, 0.2) is 20.3 Å². The molecule has 0 aromatic carbocycles. The molecule has 0 aliphatic carbocycles. The Labute approximate surface area is 142 Å². The van der Waals surface area contributed by atoms with Gasteiger partial charge in [-0.05, 0) is 27.8 Å². The van der Waals surface area contributed by atoms with Gasteiger partial charge in [0.05, 0.1) is 4.47 Å². The molecule has 1 fully saturated rings. The largest absolute Gasteiger partial charge is 0.340 e. The number of carbonyl (C=O) groups is 1. The minimum absolute atomic E-state index is 0. The lowest BCUT2D eigenvalue weighted by Crippen LogP contribution is -2.54. The number of amides is 1. The molecule has 2 rings (SSSR count). The van der Waals surface area contributed by atoms with E-state index in [1.165, 1.54) is 10.8 Å². The fourth-order valence-corrected chi connectivity index (χ4v) is 2.78. The van der Waals surface area contributed by atoms with Crippen LogP contribution in [0.4, 0.5) is 0 Å². The van der Waals surface area contributed by atoms with Gasteiger partial charge in [0, 0.05) is 25.3 Å². The van der Waals surface area contributed by atoms with Crippen molar-refractivity contribution in [2.45, 2.75) is 32.9 Å². The number of nitrogens with zero attached hydrogens (tertiary/aromatic N) is 2. The van der Waals surface area contributed by atoms with Crippen molar-refractivity contribution in [1.29, 1.82) is 0 Å². The second kappa shape index (κ2) is 6.97. The molecule has 1 saturated heterocycles. The molecule has 1 unspecified atom stereocenters. The fraction of sp³-hybridized carbons (Fsp3) is 0.615. The molecule has 3 N–H and O–H groups in total. The summed E-state index contributed by atoms with van der Waals surface area (Å²) in [6, 6.07) is 0.0616. The lowest BCUT2D eigenvalue weighted by atomic mass is 9.79. The summed E-state index contributed by atoms with van der Waals surface area (Å²) in [6.45, 7) is 5.11. The summed E-state index contributed by atoms with van der Waals surface area (Å²) in [5, 5.41) is 0. The summed E-state index contributed by atoms with van der Waals surface area (Å²) >= 11 is 3.05. The van der Waals surface area contributed by atoms with Crippen LogP contribution in [0.2, 0.25) is 0 Å². The molecule has 22 heavy (non-hydrogen) atoms. The highest BCUT2D eigenvalue weighted by Gasteiger charge is 2.35. The second-order valence-electron chi connectivity index (χ2n) is 6.06. The maximum atomic E-state index is 12.3. The summed E-state index contributed by atoms with van der Waals surface area (Å²) in [6.07, 6.45) is 2.07. The normalized spacial score (nSPS) is 20.4. The molecule has 1 aromatic rings. The number of rotatable bonds is 2. The van der Waals surface area contributed by atoms with Crippen molar-refractivity contribution in [3.8, 4) is 0 Å². The van der Waals surface area contributed by atoms with E-state index in [1.807, 2.05) is 13.8 Å². The first-order valence-corrected chi connectivity index (χ1v) is 7.52. The third kappa shape index (κ3) is 3.99. The summed E-state index contributed by atoms with van der Waals surface area (Å²) in [7, 11) is 0. The topological polar surface area (TPSA) is 101 Å². The molecule has 1 atom stereocenters. The van der Waals surface area contributed by atoms with Gasteiger partial charge in [0.15, 0.2) is 0 Å². The van der Waals surface area contributed by atoms with Crippen molar-refractivity contribution in [3.05, 3.63) is 31.5 Å². The van der Waals surface area contributed by atoms with Crippen molar-refractivity contribution in [1.82, 2.24) is 14.5 Å². The van der Waals surface area contributed by atoms with Gasteiger partial charge in [0.25, 0.3) is 5.56 Å². The molecule has 124 valence electrons. The van der Waals surface area contributed by atoms with E-state index in [0.717, 1.165) is 6.42 Å². The highest BCUT2D eigenvalue weighted by molar-refractivity contribution is 9.10. The van der Waals surface area contributed by atoms with Gasteiger partial charge in [-0.2, -0.15) is 0 Å². The number of aromatic nitrogens is 2. The number of nitrogens with one attached hydrogen (secondary N) is 1. The van der Waals surface area contributed by atoms with Crippen LogP contribution >= 0.6 is 28.3 Å². The number of hydrogen-bond donors (Lipinski definition) is 2. The zero-order valence-corrected chi connectivity index (χ0v) is 14.9. The molecule has 7 nitrogen and oxygen atoms in total. The van der Waals surface area contributed by atoms with Gasteiger partial charge in [-0.3, -0.25) is 19.1 Å². The Morgan fingerprint density at radius 3 is 2.73 bits per heavy atom. The van der Waals surface area contributed by atoms with Gasteiger partial charge >= 0.3 is 5.69 Å².